The summed E-state index contributed by atoms with van der Waals surface area (Å²) in [5.41, 5.74) is 4.34. The van der Waals surface area contributed by atoms with Crippen molar-refractivity contribution in [2.45, 2.75) is 217 Å². The predicted molar refractivity (Wildman–Crippen MR) is 326 cm³/mol. The number of carbonyl (C=O) groups is 3. The topological polar surface area (TPSA) is 138 Å². The van der Waals surface area contributed by atoms with Crippen LogP contribution < -0.4 is 0 Å². The molecule has 3 unspecified atom stereocenters. The molecule has 2 heterocycles. The number of esters is 1. The third kappa shape index (κ3) is 20.1. The number of amides is 1. The van der Waals surface area contributed by atoms with Crippen molar-refractivity contribution in [3.63, 3.8) is 0 Å². The van der Waals surface area contributed by atoms with Crippen LogP contribution in [0.4, 0.5) is 9.59 Å². The van der Waals surface area contributed by atoms with E-state index in [1.54, 1.807) is 36.3 Å². The lowest BCUT2D eigenvalue weighted by Crippen LogP contribution is -2.69. The molecular formula is C69H93NO12Si. The Kier molecular flexibility index (Phi) is 27.1. The fourth-order valence-corrected chi connectivity index (χ4v) is 14.5. The van der Waals surface area contributed by atoms with Crippen molar-refractivity contribution in [2.75, 3.05) is 13.7 Å². The summed E-state index contributed by atoms with van der Waals surface area (Å²) in [5.74, 6) is -2.18. The zero-order chi connectivity index (χ0) is 58.7. The minimum atomic E-state index is -2.09. The van der Waals surface area contributed by atoms with Gasteiger partial charge in [-0.25, -0.2) is 14.4 Å². The highest BCUT2D eigenvalue weighted by Crippen LogP contribution is 2.43. The van der Waals surface area contributed by atoms with E-state index in [-0.39, 0.29) is 56.9 Å². The van der Waals surface area contributed by atoms with Crippen LogP contribution >= 0.6 is 0 Å². The lowest BCUT2D eigenvalue weighted by molar-refractivity contribution is -0.372. The Hall–Kier alpha value is -5.87. The molecule has 1 amide bonds. The molecular weight excluding hydrogens is 1060 g/mol. The van der Waals surface area contributed by atoms with Crippen molar-refractivity contribution in [1.29, 1.82) is 0 Å². The van der Waals surface area contributed by atoms with Crippen molar-refractivity contribution in [3.8, 4) is 0 Å². The Bertz CT molecular complexity index is 2590. The van der Waals surface area contributed by atoms with Crippen LogP contribution in [0.15, 0.2) is 152 Å². The molecule has 450 valence electrons. The summed E-state index contributed by atoms with van der Waals surface area (Å²) in [7, 11) is -0.507. The molecule has 7 rings (SSSR count). The molecule has 5 aromatic rings. The van der Waals surface area contributed by atoms with Gasteiger partial charge < -0.3 is 42.3 Å². The minimum absolute atomic E-state index is 0.0176. The zero-order valence-electron chi connectivity index (χ0n) is 50.2. The van der Waals surface area contributed by atoms with E-state index < -0.39 is 75.7 Å². The van der Waals surface area contributed by atoms with Crippen LogP contribution in [0.2, 0.25) is 11.1 Å². The van der Waals surface area contributed by atoms with Crippen LogP contribution in [0.5, 0.6) is 0 Å². The number of ether oxygens (including phenoxy) is 8. The fraction of sp³-hybridized carbons (Fsp3) is 0.522. The second kappa shape index (κ2) is 34.8. The fourth-order valence-electron chi connectivity index (χ4n) is 11.7. The number of unbranched alkanes of at least 4 members (excludes halogenated alkanes) is 11. The van der Waals surface area contributed by atoms with Crippen LogP contribution in [0, 0.1) is 0 Å². The van der Waals surface area contributed by atoms with Gasteiger partial charge in [-0.05, 0) is 64.7 Å². The van der Waals surface area contributed by atoms with Gasteiger partial charge in [-0.1, -0.05) is 245 Å². The molecule has 0 bridgehead atoms. The van der Waals surface area contributed by atoms with Gasteiger partial charge in [0.1, 0.15) is 43.7 Å². The molecule has 8 atom stereocenters. The maximum absolute atomic E-state index is 15.1. The van der Waals surface area contributed by atoms with E-state index in [1.165, 1.54) is 51.4 Å². The van der Waals surface area contributed by atoms with Gasteiger partial charge in [-0.15, -0.1) is 0 Å². The molecule has 83 heavy (non-hydrogen) atoms. The normalized spacial score (nSPS) is 21.0. The molecule has 0 N–H and O–H groups in total. The lowest BCUT2D eigenvalue weighted by Gasteiger charge is -2.53. The summed E-state index contributed by atoms with van der Waals surface area (Å²) in [4.78, 5) is 44.4. The SMILES string of the molecule is CCCCCCCCCCCCCCC1OC(=O)O[C@H]1[C@H](CC[C@]1(OC)OC(COC(=O)c2ccccc2)[C@H](O[SiH](C(C)C)C(C)C)[C@@H](OCc2ccccc2)C1OCc1ccccc1)N(Cc1ccccc1)C(=O)OCc1ccccc1. The van der Waals surface area contributed by atoms with Crippen molar-refractivity contribution >= 4 is 27.3 Å². The largest absolute Gasteiger partial charge is 0.509 e. The smallest absolute Gasteiger partial charge is 0.459 e. The van der Waals surface area contributed by atoms with E-state index in [2.05, 4.69) is 34.6 Å². The first kappa shape index (κ1) is 64.7. The highest BCUT2D eigenvalue weighted by molar-refractivity contribution is 6.55. The Morgan fingerprint density at radius 2 is 1.07 bits per heavy atom. The van der Waals surface area contributed by atoms with Crippen molar-refractivity contribution < 1.29 is 56.7 Å². The summed E-state index contributed by atoms with van der Waals surface area (Å²) in [6.45, 7) is 11.3. The summed E-state index contributed by atoms with van der Waals surface area (Å²) >= 11 is 0. The third-order valence-electron chi connectivity index (χ3n) is 16.1. The molecule has 0 saturated carbocycles. The highest BCUT2D eigenvalue weighted by Gasteiger charge is 2.59. The van der Waals surface area contributed by atoms with Gasteiger partial charge in [0, 0.05) is 20.1 Å². The van der Waals surface area contributed by atoms with E-state index in [1.807, 2.05) is 127 Å². The van der Waals surface area contributed by atoms with Crippen LogP contribution in [-0.4, -0.2) is 94.3 Å². The van der Waals surface area contributed by atoms with E-state index in [0.29, 0.717) is 12.0 Å². The number of nitrogens with zero attached hydrogens (tertiary/aromatic N) is 1. The van der Waals surface area contributed by atoms with E-state index in [4.69, 9.17) is 42.3 Å². The molecule has 0 aliphatic carbocycles. The number of benzene rings is 5. The Morgan fingerprint density at radius 1 is 0.578 bits per heavy atom. The van der Waals surface area contributed by atoms with Gasteiger partial charge in [0.2, 0.25) is 0 Å². The highest BCUT2D eigenvalue weighted by atomic mass is 28.3. The van der Waals surface area contributed by atoms with Crippen LogP contribution in [0.25, 0.3) is 0 Å². The van der Waals surface area contributed by atoms with Gasteiger partial charge >= 0.3 is 18.2 Å². The number of methoxy groups -OCH3 is 1. The summed E-state index contributed by atoms with van der Waals surface area (Å²) in [5, 5.41) is 0. The van der Waals surface area contributed by atoms with Crippen molar-refractivity contribution in [2.24, 2.45) is 0 Å². The number of rotatable bonds is 36. The molecule has 14 heteroatoms. The molecule has 2 aliphatic heterocycles. The maximum atomic E-state index is 15.1. The average molecular weight is 1160 g/mol. The van der Waals surface area contributed by atoms with E-state index in [0.717, 1.165) is 47.9 Å². The van der Waals surface area contributed by atoms with Crippen LogP contribution in [-0.2, 0) is 68.7 Å². The Labute approximate surface area is 496 Å². The van der Waals surface area contributed by atoms with Crippen molar-refractivity contribution in [1.82, 2.24) is 4.90 Å². The maximum Gasteiger partial charge on any atom is 0.509 e. The molecule has 0 aromatic heterocycles. The summed E-state index contributed by atoms with van der Waals surface area (Å²) in [6, 6.07) is 47.2. The molecule has 5 aromatic carbocycles. The first-order chi connectivity index (χ1) is 40.5. The van der Waals surface area contributed by atoms with Crippen molar-refractivity contribution in [3.05, 3.63) is 179 Å². The van der Waals surface area contributed by atoms with Gasteiger partial charge in [0.15, 0.2) is 20.9 Å². The monoisotopic (exact) mass is 1160 g/mol. The summed E-state index contributed by atoms with van der Waals surface area (Å²) in [6.07, 6.45) is 8.47. The van der Waals surface area contributed by atoms with Gasteiger partial charge in [0.25, 0.3) is 0 Å². The second-order valence-electron chi connectivity index (χ2n) is 23.1. The number of carbonyl (C=O) groups excluding carboxylic acids is 3. The second-order valence-corrected chi connectivity index (χ2v) is 27.0. The molecule has 0 spiro atoms. The van der Waals surface area contributed by atoms with E-state index in [9.17, 15) is 9.59 Å². The van der Waals surface area contributed by atoms with E-state index >= 15 is 4.79 Å². The first-order valence-electron chi connectivity index (χ1n) is 30.8. The molecule has 2 aliphatic rings. The molecule has 13 nitrogen and oxygen atoms in total. The van der Waals surface area contributed by atoms with Crippen LogP contribution in [0.3, 0.4) is 0 Å². The summed E-state index contributed by atoms with van der Waals surface area (Å²) < 4.78 is 60.9. The number of cyclic esters (lactones) is 2. The Balaban J connectivity index is 1.27. The lowest BCUT2D eigenvalue weighted by atomic mass is 9.86. The molecule has 2 saturated heterocycles. The number of hydrogen-bond donors (Lipinski definition) is 0. The first-order valence-corrected chi connectivity index (χ1v) is 32.6. The van der Waals surface area contributed by atoms with Gasteiger partial charge in [-0.2, -0.15) is 0 Å². The predicted octanol–water partition coefficient (Wildman–Crippen LogP) is 15.7. The number of hydrogen-bond acceptors (Lipinski definition) is 12. The standard InChI is InChI=1S/C69H93NO12Si/c1-7-8-9-10-11-12-13-14-15-16-17-33-44-60-62(80-68(73)79-60)59(70(47-54-34-23-18-24-35-54)67(72)78-50-57-40-29-21-30-41-57)45-46-69(74-6)65(76-49-56-38-27-20-28-39-56)64(75-48-55-36-25-19-26-37-55)63(82-83(52(2)3)53(4)5)61(81-69)51-77-66(71)58-42-31-22-32-43-58/h18-32,34-43,52-53,59-65,83H,7-17,33,44-51H2,1-6H3/t59-,60?,61?,62-,63-,64+,65?,69-/m0/s1. The zero-order valence-corrected chi connectivity index (χ0v) is 51.4. The van der Waals surface area contributed by atoms with Gasteiger partial charge in [0.05, 0.1) is 24.8 Å². The van der Waals surface area contributed by atoms with Gasteiger partial charge in [-0.3, -0.25) is 4.90 Å². The molecule has 2 fully saturated rings. The average Bonchev–Trinajstić information content (AvgIpc) is 3.95. The minimum Gasteiger partial charge on any atom is -0.459 e. The molecule has 0 radical (unpaired) electrons. The quantitative estimate of drug-likeness (QED) is 0.0163. The van der Waals surface area contributed by atoms with Crippen LogP contribution in [0.1, 0.15) is 164 Å². The third-order valence-corrected chi connectivity index (χ3v) is 19.3. The Morgan fingerprint density at radius 3 is 1.60 bits per heavy atom.